The smallest absolute Gasteiger partial charge is 0.429 e. The molecular formula is C92H130F9O30S3-3. The fourth-order valence-corrected chi connectivity index (χ4v) is 31.9. The van der Waals surface area contributed by atoms with E-state index in [1.54, 1.807) is 0 Å². The molecule has 12 fully saturated rings. The molecule has 0 aromatic carbocycles. The van der Waals surface area contributed by atoms with Crippen molar-refractivity contribution in [3.8, 4) is 0 Å². The number of halogens is 9. The van der Waals surface area contributed by atoms with E-state index in [2.05, 4.69) is 41.9 Å². The summed E-state index contributed by atoms with van der Waals surface area (Å²) in [6.07, 6.45) is -6.50. The summed E-state index contributed by atoms with van der Waals surface area (Å²) in [5, 5.41) is 0. The van der Waals surface area contributed by atoms with Gasteiger partial charge in [-0.2, -0.15) is 39.5 Å². The van der Waals surface area contributed by atoms with Crippen LogP contribution in [0.15, 0.2) is 0 Å². The van der Waals surface area contributed by atoms with E-state index in [9.17, 15) is 136 Å². The summed E-state index contributed by atoms with van der Waals surface area (Å²) in [6.45, 7) is 23.8. The van der Waals surface area contributed by atoms with Crippen molar-refractivity contribution in [2.24, 2.45) is 139 Å². The molecule has 33 atom stereocenters. The summed E-state index contributed by atoms with van der Waals surface area (Å²) in [4.78, 5) is 148. The fourth-order valence-electron chi connectivity index (χ4n) is 29.2. The average Bonchev–Trinajstić information content (AvgIpc) is 1.46. The zero-order valence-corrected chi connectivity index (χ0v) is 80.7. The Morgan fingerprint density at radius 1 is 0.425 bits per heavy atom. The van der Waals surface area contributed by atoms with Crippen LogP contribution < -0.4 is 0 Å². The van der Waals surface area contributed by atoms with Gasteiger partial charge in [0.05, 0.1) is 47.6 Å². The van der Waals surface area contributed by atoms with Crippen LogP contribution in [0.4, 0.5) is 39.5 Å². The Bertz CT molecular complexity index is 4730. The first kappa shape index (κ1) is 109. The van der Waals surface area contributed by atoms with E-state index in [-0.39, 0.29) is 184 Å². The molecule has 30 nitrogen and oxygen atoms in total. The molecule has 12 rings (SSSR count). The van der Waals surface area contributed by atoms with Crippen LogP contribution in [0.3, 0.4) is 0 Å². The Labute approximate surface area is 776 Å². The number of fused-ring (bicyclic) bond motifs is 15. The Hall–Kier alpha value is -6.66. The molecule has 12 saturated carbocycles. The molecule has 0 heterocycles. The van der Waals surface area contributed by atoms with Gasteiger partial charge in [-0.1, -0.05) is 62.3 Å². The van der Waals surface area contributed by atoms with Crippen LogP contribution in [0.2, 0.25) is 0 Å². The molecular weight excluding hydrogens is 1850 g/mol. The largest absolute Gasteiger partial charge is 0.748 e. The van der Waals surface area contributed by atoms with E-state index in [0.717, 1.165) is 25.7 Å². The van der Waals surface area contributed by atoms with Gasteiger partial charge in [0.15, 0.2) is 0 Å². The summed E-state index contributed by atoms with van der Waals surface area (Å²) in [5.41, 5.74) is -13.1. The average molecular weight is 1980 g/mol. The number of alkyl halides is 9. The second kappa shape index (κ2) is 40.1. The van der Waals surface area contributed by atoms with E-state index in [1.165, 1.54) is 13.8 Å². The van der Waals surface area contributed by atoms with E-state index in [0.29, 0.717) is 149 Å². The molecule has 0 N–H and O–H groups in total. The van der Waals surface area contributed by atoms with Crippen LogP contribution in [0.25, 0.3) is 0 Å². The molecule has 12 aliphatic carbocycles. The lowest BCUT2D eigenvalue weighted by atomic mass is 9.43. The van der Waals surface area contributed by atoms with E-state index in [4.69, 9.17) is 28.4 Å². The third-order valence-electron chi connectivity index (χ3n) is 35.9. The number of Topliss-reactive ketones (excluding diaryl/α,β-unsaturated/α-hetero) is 3. The van der Waals surface area contributed by atoms with Crippen molar-refractivity contribution in [2.45, 2.75) is 342 Å². The zero-order chi connectivity index (χ0) is 100. The number of hydrogen-bond donors (Lipinski definition) is 0. The van der Waals surface area contributed by atoms with Crippen molar-refractivity contribution < 1.29 is 179 Å². The maximum absolute atomic E-state index is 13.8. The van der Waals surface area contributed by atoms with Crippen molar-refractivity contribution in [2.75, 3.05) is 17.3 Å². The topological polar surface area (TPSA) is 460 Å². The minimum absolute atomic E-state index is 0.0296. The number of rotatable bonds is 31. The summed E-state index contributed by atoms with van der Waals surface area (Å²) >= 11 is 0. The second-order valence-electron chi connectivity index (χ2n) is 43.2. The number of hydrogen-bond acceptors (Lipinski definition) is 30. The van der Waals surface area contributed by atoms with Gasteiger partial charge in [0.1, 0.15) is 54.0 Å². The first-order valence-electron chi connectivity index (χ1n) is 46.6. The van der Waals surface area contributed by atoms with Crippen molar-refractivity contribution >= 4 is 103 Å². The lowest BCUT2D eigenvalue weighted by molar-refractivity contribution is -0.256. The first-order valence-corrected chi connectivity index (χ1v) is 51.3. The Morgan fingerprint density at radius 3 is 1.19 bits per heavy atom. The molecule has 0 aliphatic heterocycles. The van der Waals surface area contributed by atoms with Gasteiger partial charge >= 0.3 is 48.4 Å². The lowest BCUT2D eigenvalue weighted by Crippen LogP contribution is -2.63. The van der Waals surface area contributed by atoms with Crippen LogP contribution in [0.5, 0.6) is 0 Å². The van der Waals surface area contributed by atoms with Crippen molar-refractivity contribution in [1.82, 2.24) is 0 Å². The SMILES string of the molecule is CC(=O)OC1CC[C@@]2(C)C(C1)CC(OC=O)[C@H]1[C@@H]3CC[C@H]([C@H](C)CCC(=O)OC(C)(CS(=O)(=O)[O-])C(F)(F)F)[C@@]3(C)C(OC(C)=O)C[C@@H]12.C[C@H](CCC(=O)OC(C)(CS(=O)(=O)[O-])C(F)(F)F)[C@H]1CC[C@H]2[C@@H]3C(=O)CC4CC(=O)CC[C@]4(C)[C@H]3CC(=O)[C@]12C.C[C@H](CCC(=O)OC(C)(CS(=O)(=O)[O-])C(F)(F)F)[C@H]1CC[C@H]2[C@@H]3C(OC=O)CC4CC(OC=O)CC[C@]4(C)[C@H]3CC(OC=O)[C@]12C. The number of carbonyl (C=O) groups is 12. The number of ketones is 3. The van der Waals surface area contributed by atoms with E-state index < -0.39 is 167 Å². The predicted octanol–water partition coefficient (Wildman–Crippen LogP) is 13.8. The molecule has 42 heteroatoms. The molecule has 134 heavy (non-hydrogen) atoms. The van der Waals surface area contributed by atoms with Gasteiger partial charge in [-0.25, -0.2) is 25.3 Å². The fraction of sp³-hybridized carbons (Fsp3) is 0.870. The molecule has 12 unspecified atom stereocenters. The number of carbonyl (C=O) groups excluding carboxylic acids is 12. The van der Waals surface area contributed by atoms with Crippen LogP contribution >= 0.6 is 0 Å². The normalized spacial score (nSPS) is 38.7. The molecule has 12 aliphatic rings. The molecule has 0 amide bonds. The molecule has 0 bridgehead atoms. The highest BCUT2D eigenvalue weighted by Gasteiger charge is 2.72. The van der Waals surface area contributed by atoms with Gasteiger partial charge in [-0.15, -0.1) is 0 Å². The predicted molar refractivity (Wildman–Crippen MR) is 448 cm³/mol. The van der Waals surface area contributed by atoms with Gasteiger partial charge in [0.25, 0.3) is 25.9 Å². The minimum atomic E-state index is -5.37. The quantitative estimate of drug-likeness (QED) is 0.0204. The highest BCUT2D eigenvalue weighted by Crippen LogP contribution is 2.73. The summed E-state index contributed by atoms with van der Waals surface area (Å²) < 4.78 is 270. The van der Waals surface area contributed by atoms with Gasteiger partial charge in [0, 0.05) is 92.8 Å². The third kappa shape index (κ3) is 22.2. The number of ether oxygens (including phenoxy) is 9. The maximum Gasteiger partial charge on any atom is 0.429 e. The Morgan fingerprint density at radius 2 is 0.791 bits per heavy atom. The molecule has 762 valence electrons. The summed E-state index contributed by atoms with van der Waals surface area (Å²) in [5.74, 6) is -11.8. The van der Waals surface area contributed by atoms with Crippen LogP contribution in [-0.4, -0.2) is 201 Å². The number of esters is 5. The molecule has 0 aromatic heterocycles. The highest BCUT2D eigenvalue weighted by molar-refractivity contribution is 7.86. The van der Waals surface area contributed by atoms with E-state index in [1.807, 2.05) is 34.6 Å². The van der Waals surface area contributed by atoms with Crippen LogP contribution in [-0.2, 0) is 131 Å². The molecule has 0 aromatic rings. The van der Waals surface area contributed by atoms with Crippen molar-refractivity contribution in [3.05, 3.63) is 0 Å². The van der Waals surface area contributed by atoms with Gasteiger partial charge in [-0.05, 0) is 254 Å². The van der Waals surface area contributed by atoms with Crippen molar-refractivity contribution in [1.29, 1.82) is 0 Å². The van der Waals surface area contributed by atoms with Crippen LogP contribution in [0, 0.1) is 139 Å². The van der Waals surface area contributed by atoms with Crippen LogP contribution in [0.1, 0.15) is 270 Å². The third-order valence-corrected chi connectivity index (χ3v) is 38.7. The van der Waals surface area contributed by atoms with Crippen molar-refractivity contribution in [3.63, 3.8) is 0 Å². The monoisotopic (exact) mass is 1980 g/mol. The van der Waals surface area contributed by atoms with Gasteiger partial charge in [-0.3, -0.25) is 57.5 Å². The first-order chi connectivity index (χ1) is 61.6. The highest BCUT2D eigenvalue weighted by atomic mass is 32.2. The Kier molecular flexibility index (Phi) is 32.8. The minimum Gasteiger partial charge on any atom is -0.748 e. The standard InChI is InChI=1S/C33H49F3O11S.C31H45F3O11S.C28H39F3O8S/c1-18(7-10-28(40)47-31(5,33(34,35)36)16-48(41,42)43)23-8-9-24-29-25(15-27(32(23,24)6)46-20(3)39)30(4)12-11-22(45-19(2)38)13-21(30)14-26(29)44-17-37;1-18(5-8-26(38)45-29(3,31(32,33)34)14-46(39,40)41)21-6-7-22-27-23(13-25(44-17-37)30(21,22)4)28(2)10-9-20(42-15-35)11-19(28)12-24(27)43-16-36;1-15(5-8-23(35)39-26(3,28(29,30)31)14-40(36,37)38)18-6-7-19-24-20(13-22(34)27(18,19)4)25(2)10-9-17(32)11-16(25)12-21(24)33/h17-18,21-27,29H,7-16H2,1-6H3,(H,41,42,43);15-25,27H,5-14H2,1-4H3,(H,39,40,41);15-16,18-20,24H,5-14H2,1-4H3,(H,36,37,38)/p-3/t18-,21?,22?,23-,24+,25+,26?,27?,29+,30+,31?,32-;18-,19?,20?,21-,22+,23+,24?,25?,27+,28+,29?,30-;15-,16?,18-,19+,20+,24+,25+,26?,27-/m111/s1. The second-order valence-corrected chi connectivity index (χ2v) is 47.4. The molecule has 0 spiro atoms. The Balaban J connectivity index is 0.000000209. The molecule has 0 saturated heterocycles. The maximum atomic E-state index is 13.8. The zero-order valence-electron chi connectivity index (χ0n) is 78.3. The van der Waals surface area contributed by atoms with E-state index >= 15 is 0 Å². The van der Waals surface area contributed by atoms with Gasteiger partial charge < -0.3 is 56.3 Å². The van der Waals surface area contributed by atoms with Gasteiger partial charge in [0.2, 0.25) is 16.8 Å². The summed E-state index contributed by atoms with van der Waals surface area (Å²) in [6, 6.07) is 0. The summed E-state index contributed by atoms with van der Waals surface area (Å²) in [7, 11) is -16.1. The molecule has 0 radical (unpaired) electrons. The lowest BCUT2D eigenvalue weighted by Gasteiger charge is -2.64.